The van der Waals surface area contributed by atoms with Crippen molar-refractivity contribution < 1.29 is 49.3 Å². The van der Waals surface area contributed by atoms with Gasteiger partial charge in [0.05, 0.1) is 13.7 Å². The van der Waals surface area contributed by atoms with Crippen LogP contribution in [0.1, 0.15) is 0 Å². The molecule has 1 aliphatic rings. The van der Waals surface area contributed by atoms with Crippen molar-refractivity contribution in [2.45, 2.75) is 30.7 Å². The minimum Gasteiger partial charge on any atom is -0.508 e. The van der Waals surface area contributed by atoms with Crippen molar-refractivity contribution in [3.05, 3.63) is 46.6 Å². The van der Waals surface area contributed by atoms with Crippen LogP contribution in [-0.2, 0) is 4.74 Å². The fourth-order valence-electron chi connectivity index (χ4n) is 3.57. The molecule has 0 radical (unpaired) electrons. The average Bonchev–Trinajstić information content (AvgIpc) is 2.80. The van der Waals surface area contributed by atoms with Gasteiger partial charge in [0.2, 0.25) is 17.5 Å². The van der Waals surface area contributed by atoms with Gasteiger partial charge in [-0.25, -0.2) is 0 Å². The lowest BCUT2D eigenvalue weighted by Crippen LogP contribution is -2.60. The molecular formula is C22H22O11. The maximum absolute atomic E-state index is 13.4. The van der Waals surface area contributed by atoms with Crippen LogP contribution in [0.15, 0.2) is 45.6 Å². The van der Waals surface area contributed by atoms with Crippen molar-refractivity contribution in [2.75, 3.05) is 13.7 Å². The second-order valence-corrected chi connectivity index (χ2v) is 7.47. The highest BCUT2D eigenvalue weighted by Gasteiger charge is 2.45. The second-order valence-electron chi connectivity index (χ2n) is 7.47. The molecule has 0 bridgehead atoms. The minimum absolute atomic E-state index is 0.0268. The van der Waals surface area contributed by atoms with Crippen molar-refractivity contribution in [3.8, 4) is 34.3 Å². The van der Waals surface area contributed by atoms with Gasteiger partial charge in [-0.3, -0.25) is 4.79 Å². The van der Waals surface area contributed by atoms with Crippen LogP contribution in [0, 0.1) is 0 Å². The van der Waals surface area contributed by atoms with Crippen LogP contribution in [0.4, 0.5) is 0 Å². The van der Waals surface area contributed by atoms with Gasteiger partial charge in [-0.15, -0.1) is 0 Å². The molecule has 4 rings (SSSR count). The number of benzene rings is 2. The predicted octanol–water partition coefficient (Wildman–Crippen LogP) is 0.0585. The van der Waals surface area contributed by atoms with Crippen molar-refractivity contribution in [2.24, 2.45) is 0 Å². The monoisotopic (exact) mass is 462 g/mol. The third-order valence-electron chi connectivity index (χ3n) is 5.35. The van der Waals surface area contributed by atoms with Gasteiger partial charge in [-0.2, -0.15) is 0 Å². The van der Waals surface area contributed by atoms with E-state index in [2.05, 4.69) is 0 Å². The first-order valence-corrected chi connectivity index (χ1v) is 9.89. The summed E-state index contributed by atoms with van der Waals surface area (Å²) in [6.07, 6.45) is -8.07. The first-order chi connectivity index (χ1) is 15.7. The molecule has 5 atom stereocenters. The summed E-state index contributed by atoms with van der Waals surface area (Å²) in [6, 6.07) is 8.18. The lowest BCUT2D eigenvalue weighted by molar-refractivity contribution is -0.277. The van der Waals surface area contributed by atoms with Crippen molar-refractivity contribution in [3.63, 3.8) is 0 Å². The fourth-order valence-corrected chi connectivity index (χ4v) is 3.57. The zero-order valence-electron chi connectivity index (χ0n) is 17.3. The normalized spacial score (nSPS) is 25.2. The van der Waals surface area contributed by atoms with Crippen LogP contribution in [-0.4, -0.2) is 75.1 Å². The van der Waals surface area contributed by atoms with E-state index in [1.54, 1.807) is 0 Å². The number of ether oxygens (including phenoxy) is 3. The van der Waals surface area contributed by atoms with E-state index in [1.807, 2.05) is 0 Å². The number of hydrogen-bond acceptors (Lipinski definition) is 11. The van der Waals surface area contributed by atoms with Gasteiger partial charge in [0.1, 0.15) is 52.6 Å². The number of methoxy groups -OCH3 is 1. The van der Waals surface area contributed by atoms with Crippen molar-refractivity contribution >= 4 is 11.0 Å². The molecule has 1 fully saturated rings. The molecule has 0 aliphatic carbocycles. The number of aliphatic hydroxyl groups excluding tert-OH is 4. The van der Waals surface area contributed by atoms with Crippen LogP contribution < -0.4 is 14.9 Å². The number of phenols is 2. The Morgan fingerprint density at radius 3 is 2.33 bits per heavy atom. The van der Waals surface area contributed by atoms with E-state index in [4.69, 9.17) is 18.6 Å². The minimum atomic E-state index is -1.78. The Bertz CT molecular complexity index is 1200. The first-order valence-electron chi connectivity index (χ1n) is 9.89. The van der Waals surface area contributed by atoms with E-state index < -0.39 is 54.2 Å². The van der Waals surface area contributed by atoms with Gasteiger partial charge in [0.15, 0.2) is 5.76 Å². The molecule has 11 heteroatoms. The largest absolute Gasteiger partial charge is 0.508 e. The molecule has 2 heterocycles. The molecule has 2 aromatic carbocycles. The lowest BCUT2D eigenvalue weighted by atomic mass is 9.99. The van der Waals surface area contributed by atoms with Gasteiger partial charge in [-0.05, 0) is 24.3 Å². The summed E-state index contributed by atoms with van der Waals surface area (Å²) in [5.41, 5.74) is -0.550. The molecule has 1 saturated heterocycles. The summed E-state index contributed by atoms with van der Waals surface area (Å²) in [6.45, 7) is -0.692. The van der Waals surface area contributed by atoms with Gasteiger partial charge in [-0.1, -0.05) is 0 Å². The summed E-state index contributed by atoms with van der Waals surface area (Å²) in [4.78, 5) is 13.4. The maximum Gasteiger partial charge on any atom is 0.239 e. The summed E-state index contributed by atoms with van der Waals surface area (Å²) in [5.74, 6) is -0.871. The van der Waals surface area contributed by atoms with Crippen LogP contribution in [0.3, 0.4) is 0 Å². The molecular weight excluding hydrogens is 440 g/mol. The molecule has 2 unspecified atom stereocenters. The fraction of sp³-hybridized carbons (Fsp3) is 0.318. The first kappa shape index (κ1) is 22.8. The smallest absolute Gasteiger partial charge is 0.239 e. The van der Waals surface area contributed by atoms with E-state index in [0.717, 1.165) is 0 Å². The lowest BCUT2D eigenvalue weighted by Gasteiger charge is -2.39. The standard InChI is InChI=1S/C22H22O11/c1-30-11-6-12(25)15-13(7-11)31-20(9-2-4-10(24)5-3-9)21(17(15)27)33-22-19(29)18(28)16(26)14(8-23)32-22/h2-7,14,16,18-19,22-26,28-29H,8H2,1H3/t14-,16-,18?,19?,22-/m1/s1. The van der Waals surface area contributed by atoms with Crippen LogP contribution in [0.2, 0.25) is 0 Å². The van der Waals surface area contributed by atoms with Crippen molar-refractivity contribution in [1.82, 2.24) is 0 Å². The number of aromatic hydroxyl groups is 2. The molecule has 176 valence electrons. The quantitative estimate of drug-likeness (QED) is 0.302. The van der Waals surface area contributed by atoms with E-state index in [-0.39, 0.29) is 28.2 Å². The predicted molar refractivity (Wildman–Crippen MR) is 112 cm³/mol. The Labute approximate surface area is 186 Å². The van der Waals surface area contributed by atoms with Crippen LogP contribution in [0.5, 0.6) is 23.0 Å². The summed E-state index contributed by atoms with van der Waals surface area (Å²) in [7, 11) is 1.37. The van der Waals surface area contributed by atoms with E-state index in [9.17, 15) is 35.4 Å². The Morgan fingerprint density at radius 2 is 1.70 bits per heavy atom. The number of phenolic OH excluding ortho intramolecular Hbond substituents is 2. The number of fused-ring (bicyclic) bond motifs is 1. The number of hydrogen-bond donors (Lipinski definition) is 6. The molecule has 11 nitrogen and oxygen atoms in total. The highest BCUT2D eigenvalue weighted by atomic mass is 16.7. The highest BCUT2D eigenvalue weighted by molar-refractivity contribution is 5.88. The molecule has 0 amide bonds. The molecule has 1 aromatic heterocycles. The summed E-state index contributed by atoms with van der Waals surface area (Å²) >= 11 is 0. The van der Waals surface area contributed by atoms with Gasteiger partial charge >= 0.3 is 0 Å². The number of aliphatic hydroxyl groups is 4. The molecule has 3 aromatic rings. The van der Waals surface area contributed by atoms with Gasteiger partial charge in [0, 0.05) is 17.7 Å². The van der Waals surface area contributed by atoms with Gasteiger partial charge in [0.25, 0.3) is 0 Å². The Morgan fingerprint density at radius 1 is 1.00 bits per heavy atom. The number of rotatable bonds is 5. The Balaban J connectivity index is 1.89. The molecule has 1 aliphatic heterocycles. The van der Waals surface area contributed by atoms with E-state index in [0.29, 0.717) is 5.56 Å². The summed E-state index contributed by atoms with van der Waals surface area (Å²) < 4.78 is 21.9. The topological polar surface area (TPSA) is 179 Å². The zero-order valence-corrected chi connectivity index (χ0v) is 17.3. The maximum atomic E-state index is 13.4. The van der Waals surface area contributed by atoms with E-state index in [1.165, 1.54) is 43.5 Å². The molecule has 0 spiro atoms. The Hall–Kier alpha value is -3.35. The highest BCUT2D eigenvalue weighted by Crippen LogP contribution is 2.37. The van der Waals surface area contributed by atoms with Crippen LogP contribution >= 0.6 is 0 Å². The van der Waals surface area contributed by atoms with Gasteiger partial charge < -0.3 is 49.3 Å². The van der Waals surface area contributed by atoms with Crippen molar-refractivity contribution in [1.29, 1.82) is 0 Å². The third kappa shape index (κ3) is 4.08. The average molecular weight is 462 g/mol. The SMILES string of the molecule is COc1cc(O)c2c(=O)c(O[C@H]3O[C@H](CO)[C@@H](O)C(O)C3O)c(-c3ccc(O)cc3)oc2c1. The second kappa shape index (κ2) is 8.89. The third-order valence-corrected chi connectivity index (χ3v) is 5.35. The molecule has 0 saturated carbocycles. The van der Waals surface area contributed by atoms with E-state index >= 15 is 0 Å². The molecule has 33 heavy (non-hydrogen) atoms. The summed E-state index contributed by atoms with van der Waals surface area (Å²) in [5, 5.41) is 59.5. The van der Waals surface area contributed by atoms with Crippen LogP contribution in [0.25, 0.3) is 22.3 Å². The zero-order chi connectivity index (χ0) is 23.9. The Kier molecular flexibility index (Phi) is 6.15. The molecule has 6 N–H and O–H groups in total.